The summed E-state index contributed by atoms with van der Waals surface area (Å²) in [6.45, 7) is 8.11. The van der Waals surface area contributed by atoms with E-state index in [9.17, 15) is 22.8 Å². The Kier molecular flexibility index (Phi) is 7.67. The molecule has 3 heterocycles. The summed E-state index contributed by atoms with van der Waals surface area (Å²) in [6.07, 6.45) is -4.01. The smallest absolute Gasteiger partial charge is 0.416 e. The van der Waals surface area contributed by atoms with Crippen molar-refractivity contribution < 1.29 is 27.4 Å². The van der Waals surface area contributed by atoms with Crippen LogP contribution in [0.3, 0.4) is 0 Å². The van der Waals surface area contributed by atoms with E-state index in [1.807, 2.05) is 5.01 Å². The van der Waals surface area contributed by atoms with Crippen LogP contribution in [0.1, 0.15) is 43.2 Å². The van der Waals surface area contributed by atoms with Crippen LogP contribution in [0.25, 0.3) is 0 Å². The maximum absolute atomic E-state index is 13.7. The van der Waals surface area contributed by atoms with E-state index >= 15 is 0 Å². The van der Waals surface area contributed by atoms with E-state index in [0.717, 1.165) is 17.7 Å². The highest BCUT2D eigenvalue weighted by atomic mass is 19.4. The van der Waals surface area contributed by atoms with Crippen LogP contribution in [0.5, 0.6) is 0 Å². The van der Waals surface area contributed by atoms with Gasteiger partial charge in [0.15, 0.2) is 0 Å². The van der Waals surface area contributed by atoms with Crippen LogP contribution in [0.4, 0.5) is 23.9 Å². The van der Waals surface area contributed by atoms with E-state index < -0.39 is 23.4 Å². The average Bonchev–Trinajstić information content (AvgIpc) is 2.83. The fourth-order valence-electron chi connectivity index (χ4n) is 4.26. The number of hydrogen-bond acceptors (Lipinski definition) is 7. The maximum Gasteiger partial charge on any atom is 0.416 e. The van der Waals surface area contributed by atoms with E-state index in [0.29, 0.717) is 69.4 Å². The number of hydrogen-bond donors (Lipinski definition) is 1. The lowest BCUT2D eigenvalue weighted by Crippen LogP contribution is -2.52. The minimum Gasteiger partial charge on any atom is -0.444 e. The number of halogens is 3. The van der Waals surface area contributed by atoms with Crippen LogP contribution in [0.2, 0.25) is 0 Å². The van der Waals surface area contributed by atoms with Gasteiger partial charge in [0.25, 0.3) is 5.56 Å². The monoisotopic (exact) mass is 523 g/mol. The third kappa shape index (κ3) is 6.54. The number of carbonyl (C=O) groups excluding carboxylic acids is 1. The minimum absolute atomic E-state index is 0.103. The molecule has 0 unspecified atom stereocenters. The number of carbonyl (C=O) groups is 1. The molecule has 2 aliphatic heterocycles. The molecule has 12 heteroatoms. The van der Waals surface area contributed by atoms with Crippen LogP contribution in [0.15, 0.2) is 29.1 Å². The molecule has 1 saturated heterocycles. The van der Waals surface area contributed by atoms with Gasteiger partial charge in [-0.15, -0.1) is 0 Å². The number of rotatable bonds is 5. The fraction of sp³-hybridized carbons (Fsp3) is 0.560. The van der Waals surface area contributed by atoms with Gasteiger partial charge in [-0.25, -0.2) is 9.78 Å². The second kappa shape index (κ2) is 10.6. The van der Waals surface area contributed by atoms with Crippen LogP contribution in [-0.2, 0) is 35.0 Å². The Morgan fingerprint density at radius 2 is 1.78 bits per heavy atom. The molecule has 1 fully saturated rings. The number of morpholine rings is 1. The number of ether oxygens (including phenoxy) is 2. The first kappa shape index (κ1) is 26.8. The first-order valence-corrected chi connectivity index (χ1v) is 12.3. The summed E-state index contributed by atoms with van der Waals surface area (Å²) in [4.78, 5) is 32.5. The van der Waals surface area contributed by atoms with Gasteiger partial charge in [0.05, 0.1) is 49.7 Å². The van der Waals surface area contributed by atoms with Gasteiger partial charge >= 0.3 is 12.3 Å². The quantitative estimate of drug-likeness (QED) is 0.644. The number of aromatic nitrogens is 2. The molecule has 0 spiro atoms. The Labute approximate surface area is 213 Å². The highest BCUT2D eigenvalue weighted by molar-refractivity contribution is 5.68. The molecule has 9 nitrogen and oxygen atoms in total. The minimum atomic E-state index is -4.38. The topological polar surface area (TPSA) is 88.9 Å². The summed E-state index contributed by atoms with van der Waals surface area (Å²) >= 11 is 0. The summed E-state index contributed by atoms with van der Waals surface area (Å²) in [5.41, 5.74) is 0.180. The summed E-state index contributed by atoms with van der Waals surface area (Å²) < 4.78 is 50.9. The van der Waals surface area contributed by atoms with Gasteiger partial charge < -0.3 is 24.7 Å². The molecule has 0 saturated carbocycles. The van der Waals surface area contributed by atoms with Crippen molar-refractivity contribution in [3.8, 4) is 0 Å². The molecule has 0 atom stereocenters. The van der Waals surface area contributed by atoms with E-state index in [-0.39, 0.29) is 12.1 Å². The van der Waals surface area contributed by atoms with Crippen molar-refractivity contribution in [1.29, 1.82) is 0 Å². The Hall–Kier alpha value is -3.28. The van der Waals surface area contributed by atoms with E-state index in [4.69, 9.17) is 14.5 Å². The zero-order chi connectivity index (χ0) is 26.8. The van der Waals surface area contributed by atoms with Crippen molar-refractivity contribution in [2.24, 2.45) is 0 Å². The molecule has 0 radical (unpaired) electrons. The van der Waals surface area contributed by atoms with Crippen LogP contribution in [-0.4, -0.2) is 65.6 Å². The fourth-order valence-corrected chi connectivity index (χ4v) is 4.26. The summed E-state index contributed by atoms with van der Waals surface area (Å²) in [7, 11) is 0. The predicted molar refractivity (Wildman–Crippen MR) is 131 cm³/mol. The molecular weight excluding hydrogens is 491 g/mol. The largest absolute Gasteiger partial charge is 0.444 e. The number of fused-ring (bicyclic) bond motifs is 1. The lowest BCUT2D eigenvalue weighted by molar-refractivity contribution is -0.137. The number of benzene rings is 1. The number of nitrogens with zero attached hydrogens (tertiary/aromatic N) is 4. The number of alkyl halides is 3. The van der Waals surface area contributed by atoms with Crippen molar-refractivity contribution in [3.05, 3.63) is 57.0 Å². The van der Waals surface area contributed by atoms with E-state index in [2.05, 4.69) is 5.32 Å². The van der Waals surface area contributed by atoms with Gasteiger partial charge in [0, 0.05) is 19.5 Å². The van der Waals surface area contributed by atoms with Gasteiger partial charge in [-0.2, -0.15) is 17.8 Å². The van der Waals surface area contributed by atoms with Gasteiger partial charge in [-0.05, 0) is 44.9 Å². The standard InChI is InChI=1S/C25H32F3N5O4/c1-24(2,3)37-23(35)31-11-9-20-19(16-31)21(34)33(32-12-14-36-15-13-32)22(30-20)29-10-8-17-4-6-18(7-5-17)25(26,27)28/h4-7H,8-16H2,1-3H3,(H,29,30). The van der Waals surface area contributed by atoms with E-state index in [1.54, 1.807) is 20.8 Å². The molecule has 1 aromatic heterocycles. The SMILES string of the molecule is CC(C)(C)OC(=O)N1CCc2nc(NCCc3ccc(C(F)(F)F)cc3)n(N3CCOCC3)c(=O)c2C1. The Bertz CT molecular complexity index is 1170. The Morgan fingerprint density at radius 3 is 2.41 bits per heavy atom. The number of nitrogens with one attached hydrogen (secondary N) is 1. The second-order valence-electron chi connectivity index (χ2n) is 10.1. The lowest BCUT2D eigenvalue weighted by Gasteiger charge is -2.34. The van der Waals surface area contributed by atoms with Crippen molar-refractivity contribution in [1.82, 2.24) is 14.6 Å². The molecule has 1 amide bonds. The molecule has 1 N–H and O–H groups in total. The molecule has 202 valence electrons. The second-order valence-corrected chi connectivity index (χ2v) is 10.1. The number of anilines is 1. The Morgan fingerprint density at radius 1 is 1.11 bits per heavy atom. The van der Waals surface area contributed by atoms with Gasteiger partial charge in [-0.1, -0.05) is 12.1 Å². The van der Waals surface area contributed by atoms with Crippen LogP contribution >= 0.6 is 0 Å². The zero-order valence-electron chi connectivity index (χ0n) is 21.2. The van der Waals surface area contributed by atoms with Crippen molar-refractivity contribution in [2.45, 2.75) is 51.9 Å². The molecule has 4 rings (SSSR count). The summed E-state index contributed by atoms with van der Waals surface area (Å²) in [5, 5.41) is 5.05. The number of amides is 1. The average molecular weight is 524 g/mol. The normalized spacial score (nSPS) is 16.4. The first-order valence-electron chi connectivity index (χ1n) is 12.3. The summed E-state index contributed by atoms with van der Waals surface area (Å²) in [5.74, 6) is 0.364. The van der Waals surface area contributed by atoms with Gasteiger partial charge in [0.2, 0.25) is 5.95 Å². The maximum atomic E-state index is 13.7. The highest BCUT2D eigenvalue weighted by Gasteiger charge is 2.31. The molecule has 2 aromatic rings. The molecule has 37 heavy (non-hydrogen) atoms. The third-order valence-corrected chi connectivity index (χ3v) is 6.11. The molecule has 0 aliphatic carbocycles. The Balaban J connectivity index is 1.55. The molecule has 2 aliphatic rings. The molecule has 0 bridgehead atoms. The van der Waals surface area contributed by atoms with Crippen molar-refractivity contribution in [2.75, 3.05) is 49.7 Å². The summed E-state index contributed by atoms with van der Waals surface area (Å²) in [6, 6.07) is 5.02. The zero-order valence-corrected chi connectivity index (χ0v) is 21.2. The predicted octanol–water partition coefficient (Wildman–Crippen LogP) is 3.18. The van der Waals surface area contributed by atoms with E-state index in [1.165, 1.54) is 21.7 Å². The molecular formula is C25H32F3N5O4. The first-order chi connectivity index (χ1) is 17.4. The van der Waals surface area contributed by atoms with Gasteiger partial charge in [-0.3, -0.25) is 4.79 Å². The van der Waals surface area contributed by atoms with Crippen molar-refractivity contribution >= 4 is 12.0 Å². The van der Waals surface area contributed by atoms with Crippen LogP contribution in [0, 0.1) is 0 Å². The lowest BCUT2D eigenvalue weighted by atomic mass is 10.1. The highest BCUT2D eigenvalue weighted by Crippen LogP contribution is 2.29. The van der Waals surface area contributed by atoms with Crippen molar-refractivity contribution in [3.63, 3.8) is 0 Å². The van der Waals surface area contributed by atoms with Crippen LogP contribution < -0.4 is 15.9 Å². The van der Waals surface area contributed by atoms with Gasteiger partial charge in [0.1, 0.15) is 5.60 Å². The third-order valence-electron chi connectivity index (χ3n) is 6.11. The molecule has 1 aromatic carbocycles.